The summed E-state index contributed by atoms with van der Waals surface area (Å²) in [5.74, 6) is -0.0876. The Labute approximate surface area is 163 Å². The van der Waals surface area contributed by atoms with Gasteiger partial charge in [0.05, 0.1) is 24.2 Å². The minimum Gasteiger partial charge on any atom is -0.394 e. The summed E-state index contributed by atoms with van der Waals surface area (Å²) in [5.41, 5.74) is -0.270. The lowest BCUT2D eigenvalue weighted by atomic mass is 10.1. The zero-order valence-electron chi connectivity index (χ0n) is 14.8. The smallest absolute Gasteiger partial charge is 0.349 e. The summed E-state index contributed by atoms with van der Waals surface area (Å²) in [5, 5.41) is 39.3. The summed E-state index contributed by atoms with van der Waals surface area (Å²) in [7, 11) is 0. The van der Waals surface area contributed by atoms with E-state index in [-0.39, 0.29) is 18.1 Å². The monoisotopic (exact) mass is 410 g/mol. The Morgan fingerprint density at radius 1 is 1.18 bits per heavy atom. The lowest BCUT2D eigenvalue weighted by Crippen LogP contribution is -2.42. The standard InChI is InChI=1S/C17H19ClN4O6/c1-2-7-3-10-9(4-8(7)18)19-13-15(20-17(28)21-16(13)27)22(10)5-11(24)14(26)12(25)6-23/h3-4,11-12,14,23-26H,2,5-6H2,1H3,(H,21,27,28)/t11-,12+,14-/m0/s1. The molecule has 3 rings (SSSR count). The predicted octanol–water partition coefficient (Wildman–Crippen LogP) is -1.12. The van der Waals surface area contributed by atoms with Crippen molar-refractivity contribution in [2.45, 2.75) is 38.2 Å². The van der Waals surface area contributed by atoms with Crippen molar-refractivity contribution in [2.75, 3.05) is 6.61 Å². The first-order valence-electron chi connectivity index (χ1n) is 8.54. The maximum Gasteiger partial charge on any atom is 0.349 e. The molecule has 1 aromatic rings. The SMILES string of the molecule is CCc1cc2c(cc1Cl)nc1c(=O)[nH]c(=O)nc-1n2C[C@H](O)[C@H](O)[C@H](O)CO. The number of hydrogen-bond donors (Lipinski definition) is 5. The van der Waals surface area contributed by atoms with E-state index in [2.05, 4.69) is 9.97 Å². The van der Waals surface area contributed by atoms with Gasteiger partial charge in [-0.1, -0.05) is 18.5 Å². The Bertz CT molecular complexity index is 1100. The van der Waals surface area contributed by atoms with Crippen LogP contribution in [-0.4, -0.2) is 64.9 Å². The van der Waals surface area contributed by atoms with E-state index in [0.717, 1.165) is 5.56 Å². The number of halogens is 1. The number of rotatable bonds is 6. The molecule has 0 radical (unpaired) electrons. The van der Waals surface area contributed by atoms with Crippen molar-refractivity contribution in [3.05, 3.63) is 43.6 Å². The van der Waals surface area contributed by atoms with Gasteiger partial charge in [-0.15, -0.1) is 0 Å². The maximum absolute atomic E-state index is 12.2. The van der Waals surface area contributed by atoms with Gasteiger partial charge in [0.25, 0.3) is 5.56 Å². The van der Waals surface area contributed by atoms with Gasteiger partial charge in [0.1, 0.15) is 18.3 Å². The second kappa shape index (κ2) is 7.94. The van der Waals surface area contributed by atoms with Gasteiger partial charge in [-0.3, -0.25) is 9.78 Å². The Balaban J connectivity index is 2.29. The number of hydrogen-bond acceptors (Lipinski definition) is 8. The number of aromatic amines is 1. The number of H-pyrrole nitrogens is 1. The van der Waals surface area contributed by atoms with Crippen LogP contribution in [0.25, 0.3) is 22.6 Å². The molecule has 2 aliphatic rings. The molecule has 0 spiro atoms. The fourth-order valence-corrected chi connectivity index (χ4v) is 3.27. The van der Waals surface area contributed by atoms with E-state index < -0.39 is 36.2 Å². The summed E-state index contributed by atoms with van der Waals surface area (Å²) >= 11 is 6.24. The molecule has 0 bridgehead atoms. The van der Waals surface area contributed by atoms with Crippen LogP contribution in [-0.2, 0) is 13.0 Å². The van der Waals surface area contributed by atoms with E-state index in [1.807, 2.05) is 11.9 Å². The molecule has 5 N–H and O–H groups in total. The minimum absolute atomic E-state index is 0.0876. The van der Waals surface area contributed by atoms with Gasteiger partial charge in [0, 0.05) is 5.02 Å². The van der Waals surface area contributed by atoms with Gasteiger partial charge in [0.15, 0.2) is 11.5 Å². The number of aromatic nitrogens is 4. The molecule has 150 valence electrons. The second-order valence-corrected chi connectivity index (χ2v) is 6.77. The van der Waals surface area contributed by atoms with E-state index >= 15 is 0 Å². The van der Waals surface area contributed by atoms with Crippen molar-refractivity contribution >= 4 is 22.6 Å². The van der Waals surface area contributed by atoms with Crippen molar-refractivity contribution < 1.29 is 20.4 Å². The van der Waals surface area contributed by atoms with Crippen molar-refractivity contribution in [3.8, 4) is 11.5 Å². The number of aliphatic hydroxyl groups excluding tert-OH is 4. The molecule has 0 fully saturated rings. The zero-order chi connectivity index (χ0) is 20.6. The maximum atomic E-state index is 12.2. The van der Waals surface area contributed by atoms with E-state index in [9.17, 15) is 24.9 Å². The van der Waals surface area contributed by atoms with Gasteiger partial charge in [-0.25, -0.2) is 9.78 Å². The largest absolute Gasteiger partial charge is 0.394 e. The molecule has 1 aromatic carbocycles. The summed E-state index contributed by atoms with van der Waals surface area (Å²) in [6.07, 6.45) is -4.17. The second-order valence-electron chi connectivity index (χ2n) is 6.36. The van der Waals surface area contributed by atoms with Gasteiger partial charge in [0.2, 0.25) is 0 Å². The highest BCUT2D eigenvalue weighted by molar-refractivity contribution is 6.32. The van der Waals surface area contributed by atoms with E-state index in [4.69, 9.17) is 16.7 Å². The zero-order valence-corrected chi connectivity index (χ0v) is 15.6. The predicted molar refractivity (Wildman–Crippen MR) is 101 cm³/mol. The number of aryl methyl sites for hydroxylation is 1. The Hall–Kier alpha value is -2.37. The first kappa shape index (κ1) is 20.4. The topological polar surface area (TPSA) is 162 Å². The third kappa shape index (κ3) is 3.64. The molecular weight excluding hydrogens is 392 g/mol. The van der Waals surface area contributed by atoms with Crippen LogP contribution in [0.4, 0.5) is 0 Å². The first-order valence-corrected chi connectivity index (χ1v) is 8.92. The van der Waals surface area contributed by atoms with Crippen molar-refractivity contribution in [3.63, 3.8) is 0 Å². The van der Waals surface area contributed by atoms with Crippen LogP contribution in [0.3, 0.4) is 0 Å². The average molecular weight is 411 g/mol. The molecule has 2 aliphatic heterocycles. The molecule has 28 heavy (non-hydrogen) atoms. The van der Waals surface area contributed by atoms with Crippen LogP contribution >= 0.6 is 11.6 Å². The molecule has 0 aromatic heterocycles. The van der Waals surface area contributed by atoms with Crippen molar-refractivity contribution in [2.24, 2.45) is 0 Å². The third-order valence-electron chi connectivity index (χ3n) is 4.50. The lowest BCUT2D eigenvalue weighted by Gasteiger charge is -2.25. The van der Waals surface area contributed by atoms with Gasteiger partial charge >= 0.3 is 5.69 Å². The third-order valence-corrected chi connectivity index (χ3v) is 4.85. The summed E-state index contributed by atoms with van der Waals surface area (Å²) in [6.45, 7) is 0.814. The van der Waals surface area contributed by atoms with Gasteiger partial charge in [-0.2, -0.15) is 4.98 Å². The molecule has 3 atom stereocenters. The van der Waals surface area contributed by atoms with Crippen LogP contribution in [0.1, 0.15) is 12.5 Å². The Kier molecular flexibility index (Phi) is 5.77. The van der Waals surface area contributed by atoms with E-state index in [1.54, 1.807) is 12.1 Å². The number of fused-ring (bicyclic) bond motifs is 2. The number of nitrogens with one attached hydrogen (secondary N) is 1. The molecule has 0 saturated carbocycles. The average Bonchev–Trinajstić information content (AvgIpc) is 2.66. The van der Waals surface area contributed by atoms with Crippen LogP contribution in [0.5, 0.6) is 0 Å². The number of benzene rings is 1. The number of aliphatic hydroxyl groups is 4. The fraction of sp³-hybridized carbons (Fsp3) is 0.412. The molecule has 10 nitrogen and oxygen atoms in total. The fourth-order valence-electron chi connectivity index (χ4n) is 2.97. The lowest BCUT2D eigenvalue weighted by molar-refractivity contribution is -0.0802. The molecule has 0 saturated heterocycles. The van der Waals surface area contributed by atoms with Crippen LogP contribution in [0.2, 0.25) is 5.02 Å². The van der Waals surface area contributed by atoms with Crippen molar-refractivity contribution in [1.82, 2.24) is 19.5 Å². The highest BCUT2D eigenvalue weighted by atomic mass is 35.5. The normalized spacial score (nSPS) is 15.1. The van der Waals surface area contributed by atoms with Crippen LogP contribution in [0, 0.1) is 0 Å². The Morgan fingerprint density at radius 2 is 1.89 bits per heavy atom. The van der Waals surface area contributed by atoms with Crippen molar-refractivity contribution in [1.29, 1.82) is 0 Å². The Morgan fingerprint density at radius 3 is 2.54 bits per heavy atom. The highest BCUT2D eigenvalue weighted by Crippen LogP contribution is 2.27. The number of nitrogens with zero attached hydrogens (tertiary/aromatic N) is 3. The highest BCUT2D eigenvalue weighted by Gasteiger charge is 2.27. The van der Waals surface area contributed by atoms with E-state index in [0.29, 0.717) is 22.5 Å². The molecule has 0 amide bonds. The minimum atomic E-state index is -1.66. The first-order chi connectivity index (χ1) is 13.3. The van der Waals surface area contributed by atoms with Crippen LogP contribution in [0.15, 0.2) is 21.7 Å². The quantitative estimate of drug-likeness (QED) is 0.319. The summed E-state index contributed by atoms with van der Waals surface area (Å²) < 4.78 is 1.36. The summed E-state index contributed by atoms with van der Waals surface area (Å²) in [4.78, 5) is 34.0. The summed E-state index contributed by atoms with van der Waals surface area (Å²) in [6, 6.07) is 3.25. The molecule has 11 heteroatoms. The van der Waals surface area contributed by atoms with E-state index in [1.165, 1.54) is 4.57 Å². The molecule has 0 aliphatic carbocycles. The van der Waals surface area contributed by atoms with Gasteiger partial charge in [-0.05, 0) is 24.1 Å². The molecule has 2 heterocycles. The molecular formula is C17H19ClN4O6. The molecule has 0 unspecified atom stereocenters. The van der Waals surface area contributed by atoms with Gasteiger partial charge < -0.3 is 25.0 Å². The van der Waals surface area contributed by atoms with Crippen LogP contribution < -0.4 is 11.2 Å².